The number of hydrogen-bond donors (Lipinski definition) is 2. The van der Waals surface area contributed by atoms with Crippen LogP contribution in [0.15, 0.2) is 0 Å². The fraction of sp³-hybridized carbons (Fsp3) is 1.00. The summed E-state index contributed by atoms with van der Waals surface area (Å²) in [5.41, 5.74) is 0. The van der Waals surface area contributed by atoms with E-state index < -0.39 is 13.0 Å². The Morgan fingerprint density at radius 3 is 2.83 bits per heavy atom. The smallest absolute Gasteiger partial charge is 0.261 e. The fourth-order valence-electron chi connectivity index (χ4n) is 1.26. The normalized spacial score (nSPS) is 30.0. The molecule has 1 aliphatic rings. The van der Waals surface area contributed by atoms with E-state index in [4.69, 9.17) is 9.84 Å². The van der Waals surface area contributed by atoms with Crippen LogP contribution >= 0.6 is 0 Å². The second kappa shape index (κ2) is 4.69. The zero-order chi connectivity index (χ0) is 8.97. The van der Waals surface area contributed by atoms with Crippen LogP contribution in [0.25, 0.3) is 0 Å². The first-order valence-corrected chi connectivity index (χ1v) is 3.96. The Bertz CT molecular complexity index is 135. The van der Waals surface area contributed by atoms with Gasteiger partial charge in [-0.1, -0.05) is 0 Å². The lowest BCUT2D eigenvalue weighted by molar-refractivity contribution is -0.0175. The number of aliphatic hydroxyl groups excluding tert-OH is 1. The van der Waals surface area contributed by atoms with Crippen molar-refractivity contribution in [3.8, 4) is 0 Å². The molecule has 0 bridgehead atoms. The van der Waals surface area contributed by atoms with Crippen molar-refractivity contribution in [2.75, 3.05) is 19.8 Å². The number of hydrogen-bond acceptors (Lipinski definition) is 3. The molecule has 1 heterocycles. The van der Waals surface area contributed by atoms with E-state index in [2.05, 4.69) is 5.32 Å². The molecule has 0 amide bonds. The second-order valence-corrected chi connectivity index (χ2v) is 2.87. The van der Waals surface area contributed by atoms with Gasteiger partial charge in [0.1, 0.15) is 6.61 Å². The predicted molar refractivity (Wildman–Crippen MR) is 39.2 cm³/mol. The first-order chi connectivity index (χ1) is 5.72. The van der Waals surface area contributed by atoms with Crippen LogP contribution in [0.5, 0.6) is 0 Å². The fourth-order valence-corrected chi connectivity index (χ4v) is 1.26. The van der Waals surface area contributed by atoms with Gasteiger partial charge in [0.2, 0.25) is 0 Å². The molecule has 1 fully saturated rings. The molecule has 2 atom stereocenters. The quantitative estimate of drug-likeness (QED) is 0.641. The van der Waals surface area contributed by atoms with Gasteiger partial charge in [-0.3, -0.25) is 0 Å². The maximum atomic E-state index is 11.7. The van der Waals surface area contributed by atoms with E-state index in [0.717, 1.165) is 0 Å². The summed E-state index contributed by atoms with van der Waals surface area (Å²) in [4.78, 5) is 0. The Hall–Kier alpha value is -0.260. The molecule has 12 heavy (non-hydrogen) atoms. The van der Waals surface area contributed by atoms with Crippen molar-refractivity contribution in [1.29, 1.82) is 0 Å². The minimum absolute atomic E-state index is 0.00710. The molecular weight excluding hydrogens is 168 g/mol. The Morgan fingerprint density at radius 2 is 2.33 bits per heavy atom. The highest BCUT2D eigenvalue weighted by molar-refractivity contribution is 4.81. The van der Waals surface area contributed by atoms with E-state index in [1.165, 1.54) is 0 Å². The third-order valence-electron chi connectivity index (χ3n) is 1.86. The maximum Gasteiger partial charge on any atom is 0.261 e. The lowest BCUT2D eigenvalue weighted by Crippen LogP contribution is -2.24. The zero-order valence-electron chi connectivity index (χ0n) is 6.67. The number of alkyl halides is 2. The van der Waals surface area contributed by atoms with Gasteiger partial charge in [-0.2, -0.15) is 0 Å². The zero-order valence-corrected chi connectivity index (χ0v) is 6.67. The maximum absolute atomic E-state index is 11.7. The first-order valence-electron chi connectivity index (χ1n) is 3.96. The third-order valence-corrected chi connectivity index (χ3v) is 1.86. The SMILES string of the molecule is OCC1CC(OCC(F)F)CN1. The van der Waals surface area contributed by atoms with Gasteiger partial charge in [-0.25, -0.2) is 8.78 Å². The summed E-state index contributed by atoms with van der Waals surface area (Å²) in [6.45, 7) is 0.0803. The molecule has 0 aromatic rings. The van der Waals surface area contributed by atoms with Gasteiger partial charge < -0.3 is 15.2 Å². The van der Waals surface area contributed by atoms with Crippen LogP contribution in [-0.4, -0.2) is 43.4 Å². The molecule has 0 saturated carbocycles. The van der Waals surface area contributed by atoms with E-state index in [1.807, 2.05) is 0 Å². The average Bonchev–Trinajstić information content (AvgIpc) is 2.48. The predicted octanol–water partition coefficient (Wildman–Crippen LogP) is -0.00910. The lowest BCUT2D eigenvalue weighted by atomic mass is 10.2. The lowest BCUT2D eigenvalue weighted by Gasteiger charge is -2.09. The molecule has 0 aliphatic carbocycles. The van der Waals surface area contributed by atoms with Gasteiger partial charge >= 0.3 is 0 Å². The Morgan fingerprint density at radius 1 is 1.58 bits per heavy atom. The highest BCUT2D eigenvalue weighted by Gasteiger charge is 2.24. The highest BCUT2D eigenvalue weighted by atomic mass is 19.3. The Balaban J connectivity index is 2.11. The molecule has 1 rings (SSSR count). The van der Waals surface area contributed by atoms with E-state index in [0.29, 0.717) is 13.0 Å². The molecule has 0 aromatic carbocycles. The molecule has 2 N–H and O–H groups in total. The van der Waals surface area contributed by atoms with Crippen LogP contribution in [0, 0.1) is 0 Å². The highest BCUT2D eigenvalue weighted by Crippen LogP contribution is 2.10. The summed E-state index contributed by atoms with van der Waals surface area (Å²) in [7, 11) is 0. The van der Waals surface area contributed by atoms with Gasteiger partial charge in [0.05, 0.1) is 12.7 Å². The summed E-state index contributed by atoms with van der Waals surface area (Å²) >= 11 is 0. The van der Waals surface area contributed by atoms with E-state index in [9.17, 15) is 8.78 Å². The molecule has 3 nitrogen and oxygen atoms in total. The van der Waals surface area contributed by atoms with Gasteiger partial charge in [0, 0.05) is 12.6 Å². The van der Waals surface area contributed by atoms with E-state index >= 15 is 0 Å². The van der Waals surface area contributed by atoms with Crippen LogP contribution in [0.2, 0.25) is 0 Å². The van der Waals surface area contributed by atoms with Crippen LogP contribution < -0.4 is 5.32 Å². The number of halogens is 2. The minimum atomic E-state index is -2.40. The Labute approximate surface area is 69.7 Å². The van der Waals surface area contributed by atoms with Crippen LogP contribution in [0.4, 0.5) is 8.78 Å². The molecule has 2 unspecified atom stereocenters. The monoisotopic (exact) mass is 181 g/mol. The second-order valence-electron chi connectivity index (χ2n) is 2.87. The van der Waals surface area contributed by atoms with Crippen molar-refractivity contribution in [3.05, 3.63) is 0 Å². The molecule has 0 radical (unpaired) electrons. The first kappa shape index (κ1) is 9.83. The van der Waals surface area contributed by atoms with Gasteiger partial charge in [0.25, 0.3) is 6.43 Å². The van der Waals surface area contributed by atoms with Gasteiger partial charge in [0.15, 0.2) is 0 Å². The molecule has 5 heteroatoms. The minimum Gasteiger partial charge on any atom is -0.395 e. The van der Waals surface area contributed by atoms with Crippen molar-refractivity contribution in [2.45, 2.75) is 25.0 Å². The van der Waals surface area contributed by atoms with E-state index in [-0.39, 0.29) is 18.8 Å². The molecule has 1 aliphatic heterocycles. The number of rotatable bonds is 4. The van der Waals surface area contributed by atoms with Crippen molar-refractivity contribution in [3.63, 3.8) is 0 Å². The van der Waals surface area contributed by atoms with Crippen molar-refractivity contribution in [2.24, 2.45) is 0 Å². The summed E-state index contributed by atoms with van der Waals surface area (Å²) in [5.74, 6) is 0. The van der Waals surface area contributed by atoms with E-state index in [1.54, 1.807) is 0 Å². The average molecular weight is 181 g/mol. The van der Waals surface area contributed by atoms with Crippen LogP contribution in [-0.2, 0) is 4.74 Å². The summed E-state index contributed by atoms with van der Waals surface area (Å²) in [6.07, 6.45) is -1.96. The van der Waals surface area contributed by atoms with Crippen LogP contribution in [0.1, 0.15) is 6.42 Å². The van der Waals surface area contributed by atoms with Crippen molar-refractivity contribution < 1.29 is 18.6 Å². The van der Waals surface area contributed by atoms with Gasteiger partial charge in [-0.15, -0.1) is 0 Å². The summed E-state index contributed by atoms with van der Waals surface area (Å²) in [6, 6.07) is 0.00710. The topological polar surface area (TPSA) is 41.5 Å². The van der Waals surface area contributed by atoms with Gasteiger partial charge in [-0.05, 0) is 6.42 Å². The molecular formula is C7H13F2NO2. The molecule has 0 spiro atoms. The van der Waals surface area contributed by atoms with Crippen molar-refractivity contribution >= 4 is 0 Å². The number of nitrogens with one attached hydrogen (secondary N) is 1. The Kier molecular flexibility index (Phi) is 3.84. The largest absolute Gasteiger partial charge is 0.395 e. The van der Waals surface area contributed by atoms with Crippen molar-refractivity contribution in [1.82, 2.24) is 5.32 Å². The molecule has 0 aromatic heterocycles. The molecule has 1 saturated heterocycles. The summed E-state index contributed by atoms with van der Waals surface area (Å²) in [5, 5.41) is 11.7. The standard InChI is InChI=1S/C7H13F2NO2/c8-7(9)4-12-6-1-5(3-11)10-2-6/h5-7,10-11H,1-4H2. The number of aliphatic hydroxyl groups is 1. The number of ether oxygens (including phenoxy) is 1. The molecule has 72 valence electrons. The van der Waals surface area contributed by atoms with Crippen LogP contribution in [0.3, 0.4) is 0 Å². The third kappa shape index (κ3) is 3.00. The summed E-state index contributed by atoms with van der Waals surface area (Å²) < 4.78 is 28.2.